The molecule has 1 aromatic rings. The summed E-state index contributed by atoms with van der Waals surface area (Å²) in [5.41, 5.74) is 0. The van der Waals surface area contributed by atoms with Gasteiger partial charge in [0.15, 0.2) is 6.10 Å². The molecule has 1 aromatic carbocycles. The Hall–Kier alpha value is -1.22. The van der Waals surface area contributed by atoms with E-state index in [0.717, 1.165) is 11.8 Å². The molecule has 1 N–H and O–H groups in total. The fourth-order valence-corrected chi connectivity index (χ4v) is 5.34. The first-order chi connectivity index (χ1) is 11.1. The van der Waals surface area contributed by atoms with Crippen molar-refractivity contribution in [2.75, 3.05) is 0 Å². The fourth-order valence-electron chi connectivity index (χ4n) is 5.21. The van der Waals surface area contributed by atoms with Crippen LogP contribution in [0.15, 0.2) is 24.3 Å². The van der Waals surface area contributed by atoms with Gasteiger partial charge in [0.2, 0.25) is 0 Å². The minimum absolute atomic E-state index is 0.0115. The van der Waals surface area contributed by atoms with Crippen molar-refractivity contribution in [3.63, 3.8) is 0 Å². The van der Waals surface area contributed by atoms with E-state index in [2.05, 4.69) is 5.32 Å². The van der Waals surface area contributed by atoms with Crippen molar-refractivity contribution < 1.29 is 9.53 Å². The van der Waals surface area contributed by atoms with Gasteiger partial charge < -0.3 is 10.1 Å². The quantitative estimate of drug-likeness (QED) is 0.902. The zero-order valence-electron chi connectivity index (χ0n) is 13.5. The number of carbonyl (C=O) groups is 1. The van der Waals surface area contributed by atoms with Crippen LogP contribution in [-0.4, -0.2) is 18.1 Å². The van der Waals surface area contributed by atoms with Gasteiger partial charge in [-0.1, -0.05) is 11.6 Å². The van der Waals surface area contributed by atoms with E-state index in [1.807, 2.05) is 6.92 Å². The first kappa shape index (κ1) is 15.3. The van der Waals surface area contributed by atoms with Crippen LogP contribution in [0.4, 0.5) is 0 Å². The van der Waals surface area contributed by atoms with Gasteiger partial charge in [0.05, 0.1) is 0 Å². The van der Waals surface area contributed by atoms with Gasteiger partial charge in [-0.25, -0.2) is 0 Å². The highest BCUT2D eigenvalue weighted by atomic mass is 35.5. The van der Waals surface area contributed by atoms with Crippen LogP contribution >= 0.6 is 11.6 Å². The topological polar surface area (TPSA) is 38.3 Å². The molecule has 0 spiro atoms. The molecule has 4 fully saturated rings. The van der Waals surface area contributed by atoms with Crippen molar-refractivity contribution >= 4 is 17.5 Å². The molecule has 124 valence electrons. The van der Waals surface area contributed by atoms with E-state index in [1.165, 1.54) is 32.1 Å². The predicted octanol–water partition coefficient (Wildman–Crippen LogP) is 4.05. The molecule has 4 aliphatic carbocycles. The summed E-state index contributed by atoms with van der Waals surface area (Å²) in [5, 5.41) is 3.97. The molecule has 0 aromatic heterocycles. The molecular weight excluding hydrogens is 310 g/mol. The van der Waals surface area contributed by atoms with E-state index in [1.54, 1.807) is 24.3 Å². The van der Waals surface area contributed by atoms with E-state index >= 15 is 0 Å². The van der Waals surface area contributed by atoms with Gasteiger partial charge >= 0.3 is 0 Å². The van der Waals surface area contributed by atoms with Crippen molar-refractivity contribution in [1.82, 2.24) is 5.32 Å². The first-order valence-corrected chi connectivity index (χ1v) is 9.19. The average molecular weight is 334 g/mol. The molecule has 23 heavy (non-hydrogen) atoms. The van der Waals surface area contributed by atoms with Gasteiger partial charge in [-0.2, -0.15) is 0 Å². The van der Waals surface area contributed by atoms with Gasteiger partial charge in [-0.3, -0.25) is 4.79 Å². The molecule has 4 aliphatic rings. The van der Waals surface area contributed by atoms with Crippen LogP contribution in [0.5, 0.6) is 5.75 Å². The Kier molecular flexibility index (Phi) is 4.00. The number of ether oxygens (including phenoxy) is 1. The summed E-state index contributed by atoms with van der Waals surface area (Å²) in [4.78, 5) is 12.5. The smallest absolute Gasteiger partial charge is 0.261 e. The number of hydrogen-bond donors (Lipinski definition) is 1. The minimum Gasteiger partial charge on any atom is -0.481 e. The highest BCUT2D eigenvalue weighted by Crippen LogP contribution is 2.53. The van der Waals surface area contributed by atoms with Crippen molar-refractivity contribution in [3.05, 3.63) is 29.3 Å². The Labute approximate surface area is 142 Å². The second-order valence-electron chi connectivity index (χ2n) is 7.68. The molecule has 0 aliphatic heterocycles. The van der Waals surface area contributed by atoms with Crippen LogP contribution in [0.2, 0.25) is 5.02 Å². The minimum atomic E-state index is -0.478. The monoisotopic (exact) mass is 333 g/mol. The maximum Gasteiger partial charge on any atom is 0.261 e. The summed E-state index contributed by atoms with van der Waals surface area (Å²) < 4.78 is 5.75. The van der Waals surface area contributed by atoms with Gasteiger partial charge in [-0.05, 0) is 87.0 Å². The van der Waals surface area contributed by atoms with Crippen molar-refractivity contribution in [2.45, 2.75) is 51.2 Å². The van der Waals surface area contributed by atoms with E-state index in [-0.39, 0.29) is 5.91 Å². The molecule has 5 rings (SSSR count). The lowest BCUT2D eigenvalue weighted by molar-refractivity contribution is -0.131. The standard InChI is InChI=1S/C19H24ClNO2/c1-11(23-17-4-2-16(20)3-5-17)19(22)21-18-14-7-12-6-13(9-14)10-15(18)8-12/h2-5,11-15,18H,6-10H2,1H3,(H,21,22)/t11-,12?,13?,14?,15?,18?/m1/s1. The molecule has 3 nitrogen and oxygen atoms in total. The molecule has 1 atom stereocenters. The van der Waals surface area contributed by atoms with Crippen LogP contribution in [0.25, 0.3) is 0 Å². The number of amides is 1. The van der Waals surface area contributed by atoms with Gasteiger partial charge in [0, 0.05) is 11.1 Å². The van der Waals surface area contributed by atoms with Gasteiger partial charge in [0.25, 0.3) is 5.91 Å². The number of carbonyl (C=O) groups excluding carboxylic acids is 1. The maximum absolute atomic E-state index is 12.5. The van der Waals surface area contributed by atoms with Crippen molar-refractivity contribution in [3.8, 4) is 5.75 Å². The Morgan fingerprint density at radius 2 is 1.65 bits per heavy atom. The predicted molar refractivity (Wildman–Crippen MR) is 90.5 cm³/mol. The molecule has 4 heteroatoms. The second-order valence-corrected chi connectivity index (χ2v) is 8.12. The van der Waals surface area contributed by atoms with E-state index < -0.39 is 6.10 Å². The van der Waals surface area contributed by atoms with Crippen molar-refractivity contribution in [2.24, 2.45) is 23.7 Å². The van der Waals surface area contributed by atoms with Gasteiger partial charge in [-0.15, -0.1) is 0 Å². The number of hydrogen-bond acceptors (Lipinski definition) is 2. The molecule has 4 bridgehead atoms. The fraction of sp³-hybridized carbons (Fsp3) is 0.632. The molecule has 0 radical (unpaired) electrons. The van der Waals surface area contributed by atoms with Crippen LogP contribution in [0.1, 0.15) is 39.0 Å². The highest BCUT2D eigenvalue weighted by Gasteiger charge is 2.48. The summed E-state index contributed by atoms with van der Waals surface area (Å²) in [5.74, 6) is 3.93. The van der Waals surface area contributed by atoms with E-state index in [9.17, 15) is 4.79 Å². The summed E-state index contributed by atoms with van der Waals surface area (Å²) in [7, 11) is 0. The SMILES string of the molecule is C[C@@H](Oc1ccc(Cl)cc1)C(=O)NC1C2CC3CC(C2)CC1C3. The van der Waals surface area contributed by atoms with Crippen molar-refractivity contribution in [1.29, 1.82) is 0 Å². The van der Waals surface area contributed by atoms with Gasteiger partial charge in [0.1, 0.15) is 5.75 Å². The molecule has 0 saturated heterocycles. The van der Waals surface area contributed by atoms with E-state index in [4.69, 9.17) is 16.3 Å². The first-order valence-electron chi connectivity index (χ1n) is 8.81. The summed E-state index contributed by atoms with van der Waals surface area (Å²) >= 11 is 5.87. The zero-order chi connectivity index (χ0) is 16.0. The molecule has 1 amide bonds. The molecular formula is C19H24ClNO2. The number of nitrogens with one attached hydrogen (secondary N) is 1. The zero-order valence-corrected chi connectivity index (χ0v) is 14.3. The van der Waals surface area contributed by atoms with Crippen LogP contribution in [0, 0.1) is 23.7 Å². The van der Waals surface area contributed by atoms with Crippen LogP contribution in [0.3, 0.4) is 0 Å². The lowest BCUT2D eigenvalue weighted by Crippen LogP contribution is -2.57. The average Bonchev–Trinajstić information content (AvgIpc) is 2.52. The van der Waals surface area contributed by atoms with Crippen LogP contribution < -0.4 is 10.1 Å². The third kappa shape index (κ3) is 3.08. The maximum atomic E-state index is 12.5. The molecule has 0 unspecified atom stereocenters. The molecule has 0 heterocycles. The summed E-state index contributed by atoms with van der Waals surface area (Å²) in [6.45, 7) is 1.82. The molecule has 4 saturated carbocycles. The second kappa shape index (κ2) is 6.01. The lowest BCUT2D eigenvalue weighted by atomic mass is 9.54. The Morgan fingerprint density at radius 1 is 1.09 bits per heavy atom. The lowest BCUT2D eigenvalue weighted by Gasteiger charge is -2.54. The Morgan fingerprint density at radius 3 is 2.22 bits per heavy atom. The normalized spacial score (nSPS) is 35.8. The Balaban J connectivity index is 1.37. The summed E-state index contributed by atoms with van der Waals surface area (Å²) in [6.07, 6.45) is 6.20. The highest BCUT2D eigenvalue weighted by molar-refractivity contribution is 6.30. The number of benzene rings is 1. The third-order valence-electron chi connectivity index (χ3n) is 6.03. The number of rotatable bonds is 4. The summed E-state index contributed by atoms with van der Waals surface area (Å²) in [6, 6.07) is 7.52. The Bertz CT molecular complexity index is 558. The largest absolute Gasteiger partial charge is 0.481 e. The third-order valence-corrected chi connectivity index (χ3v) is 6.28. The van der Waals surface area contributed by atoms with E-state index in [0.29, 0.717) is 28.6 Å². The van der Waals surface area contributed by atoms with Crippen LogP contribution in [-0.2, 0) is 4.79 Å². The number of halogens is 1.